The van der Waals surface area contributed by atoms with Gasteiger partial charge in [0.15, 0.2) is 17.0 Å². The molecule has 5 aromatic rings. The fourth-order valence-electron chi connectivity index (χ4n) is 4.39. The van der Waals surface area contributed by atoms with E-state index in [9.17, 15) is 0 Å². The molecule has 0 bridgehead atoms. The number of benzene rings is 1. The molecule has 1 saturated heterocycles. The molecule has 4 aromatic heterocycles. The van der Waals surface area contributed by atoms with Crippen LogP contribution in [0.4, 0.5) is 17.5 Å². The maximum atomic E-state index is 6.47. The van der Waals surface area contributed by atoms with Gasteiger partial charge in [0.1, 0.15) is 12.2 Å². The third kappa shape index (κ3) is 4.65. The van der Waals surface area contributed by atoms with Crippen LogP contribution in [0.5, 0.6) is 0 Å². The molecule has 12 nitrogen and oxygen atoms in total. The molecule has 37 heavy (non-hydrogen) atoms. The summed E-state index contributed by atoms with van der Waals surface area (Å²) in [5, 5.41) is 11.7. The molecule has 0 atom stereocenters. The third-order valence-electron chi connectivity index (χ3n) is 6.13. The SMILES string of the molecule is CC(C)Nc1cc2nc(CNc3nc(N4CCOCC4)nc4c3ncn4-c3cnn(C)c3)[nH]c2cc1Cl. The van der Waals surface area contributed by atoms with Gasteiger partial charge < -0.3 is 25.3 Å². The molecule has 1 fully saturated rings. The van der Waals surface area contributed by atoms with Gasteiger partial charge in [-0.2, -0.15) is 15.1 Å². The number of nitrogens with zero attached hydrogens (tertiary/aromatic N) is 8. The second kappa shape index (κ2) is 9.52. The number of anilines is 3. The van der Waals surface area contributed by atoms with Gasteiger partial charge in [-0.1, -0.05) is 11.6 Å². The Bertz CT molecular complexity index is 1560. The van der Waals surface area contributed by atoms with Crippen molar-refractivity contribution in [3.05, 3.63) is 41.7 Å². The van der Waals surface area contributed by atoms with Crippen molar-refractivity contribution in [3.63, 3.8) is 0 Å². The second-order valence-corrected chi connectivity index (χ2v) is 9.72. The minimum absolute atomic E-state index is 0.266. The van der Waals surface area contributed by atoms with E-state index in [-0.39, 0.29) is 6.04 Å². The molecule has 3 N–H and O–H groups in total. The van der Waals surface area contributed by atoms with E-state index in [0.29, 0.717) is 47.7 Å². The van der Waals surface area contributed by atoms with Crippen molar-refractivity contribution in [1.29, 1.82) is 0 Å². The van der Waals surface area contributed by atoms with Crippen molar-refractivity contribution >= 4 is 51.3 Å². The summed E-state index contributed by atoms with van der Waals surface area (Å²) in [5.74, 6) is 2.03. The summed E-state index contributed by atoms with van der Waals surface area (Å²) in [6.45, 7) is 7.30. The quantitative estimate of drug-likeness (QED) is 0.295. The number of hydrogen-bond acceptors (Lipinski definition) is 9. The Morgan fingerprint density at radius 2 is 2.00 bits per heavy atom. The Labute approximate surface area is 218 Å². The van der Waals surface area contributed by atoms with Crippen LogP contribution in [-0.2, 0) is 18.3 Å². The zero-order valence-corrected chi connectivity index (χ0v) is 21.6. The fraction of sp³-hybridized carbons (Fsp3) is 0.375. The Balaban J connectivity index is 1.34. The molecule has 1 aromatic carbocycles. The number of fused-ring (bicyclic) bond motifs is 2. The van der Waals surface area contributed by atoms with Crippen LogP contribution in [0.25, 0.3) is 27.9 Å². The topological polar surface area (TPSA) is 127 Å². The molecule has 0 aliphatic carbocycles. The van der Waals surface area contributed by atoms with Gasteiger partial charge in [-0.25, -0.2) is 9.97 Å². The number of H-pyrrole nitrogens is 1. The van der Waals surface area contributed by atoms with Gasteiger partial charge in [-0.15, -0.1) is 0 Å². The minimum Gasteiger partial charge on any atom is -0.382 e. The van der Waals surface area contributed by atoms with Crippen molar-refractivity contribution in [1.82, 2.24) is 39.3 Å². The van der Waals surface area contributed by atoms with E-state index in [1.807, 2.05) is 29.9 Å². The molecule has 0 unspecified atom stereocenters. The molecule has 0 saturated carbocycles. The standard InChI is InChI=1S/C24H28ClN11O/c1-14(2)29-17-9-19-18(8-16(17)25)30-20(31-19)11-26-22-21-23(33-24(32-22)35-4-6-37-7-5-35)36(13-27-21)15-10-28-34(3)12-15/h8-10,12-14,29H,4-7,11H2,1-3H3,(H,30,31)(H,26,32,33). The lowest BCUT2D eigenvalue weighted by Crippen LogP contribution is -2.37. The Kier molecular flexibility index (Phi) is 6.05. The number of imidazole rings is 2. The monoisotopic (exact) mass is 521 g/mol. The highest BCUT2D eigenvalue weighted by Crippen LogP contribution is 2.29. The minimum atomic E-state index is 0.266. The van der Waals surface area contributed by atoms with Gasteiger partial charge in [-0.3, -0.25) is 9.25 Å². The van der Waals surface area contributed by atoms with Crippen molar-refractivity contribution in [3.8, 4) is 5.69 Å². The van der Waals surface area contributed by atoms with Crippen LogP contribution in [0.15, 0.2) is 30.9 Å². The van der Waals surface area contributed by atoms with Crippen LogP contribution in [0.2, 0.25) is 5.02 Å². The molecule has 1 aliphatic rings. The molecule has 1 aliphatic heterocycles. The first-order valence-electron chi connectivity index (χ1n) is 12.2. The second-order valence-electron chi connectivity index (χ2n) is 9.32. The molecule has 0 radical (unpaired) electrons. The van der Waals surface area contributed by atoms with Crippen molar-refractivity contribution < 1.29 is 4.74 Å². The predicted octanol–water partition coefficient (Wildman–Crippen LogP) is 3.35. The van der Waals surface area contributed by atoms with Crippen molar-refractivity contribution in [2.75, 3.05) is 41.8 Å². The number of aromatic amines is 1. The van der Waals surface area contributed by atoms with Crippen LogP contribution in [-0.4, -0.2) is 71.6 Å². The number of aromatic nitrogens is 8. The lowest BCUT2D eigenvalue weighted by molar-refractivity contribution is 0.122. The normalized spacial score (nSPS) is 14.2. The summed E-state index contributed by atoms with van der Waals surface area (Å²) in [4.78, 5) is 24.6. The maximum Gasteiger partial charge on any atom is 0.229 e. The highest BCUT2D eigenvalue weighted by atomic mass is 35.5. The molecule has 0 amide bonds. The molecule has 6 rings (SSSR count). The van der Waals surface area contributed by atoms with E-state index in [4.69, 9.17) is 31.3 Å². The maximum absolute atomic E-state index is 6.47. The van der Waals surface area contributed by atoms with E-state index >= 15 is 0 Å². The third-order valence-corrected chi connectivity index (χ3v) is 6.45. The molecule has 5 heterocycles. The van der Waals surface area contributed by atoms with Gasteiger partial charge in [0.05, 0.1) is 53.4 Å². The Morgan fingerprint density at radius 1 is 1.16 bits per heavy atom. The van der Waals surface area contributed by atoms with E-state index in [1.165, 1.54) is 0 Å². The highest BCUT2D eigenvalue weighted by molar-refractivity contribution is 6.34. The number of morpholine rings is 1. The average molecular weight is 522 g/mol. The smallest absolute Gasteiger partial charge is 0.229 e. The summed E-state index contributed by atoms with van der Waals surface area (Å²) < 4.78 is 9.20. The zero-order chi connectivity index (χ0) is 25.5. The van der Waals surface area contributed by atoms with Gasteiger partial charge in [0.2, 0.25) is 5.95 Å². The van der Waals surface area contributed by atoms with E-state index < -0.39 is 0 Å². The van der Waals surface area contributed by atoms with E-state index in [2.05, 4.69) is 44.4 Å². The Morgan fingerprint density at radius 3 is 2.76 bits per heavy atom. The van der Waals surface area contributed by atoms with Crippen molar-refractivity contribution in [2.24, 2.45) is 7.05 Å². The largest absolute Gasteiger partial charge is 0.382 e. The van der Waals surface area contributed by atoms with Crippen LogP contribution >= 0.6 is 11.6 Å². The summed E-state index contributed by atoms with van der Waals surface area (Å²) >= 11 is 6.47. The molecule has 0 spiro atoms. The summed E-state index contributed by atoms with van der Waals surface area (Å²) in [7, 11) is 1.88. The first-order chi connectivity index (χ1) is 17.9. The molecule has 13 heteroatoms. The van der Waals surface area contributed by atoms with Gasteiger partial charge in [0.25, 0.3) is 0 Å². The van der Waals surface area contributed by atoms with Crippen LogP contribution in [0.1, 0.15) is 19.7 Å². The number of nitrogens with one attached hydrogen (secondary N) is 3. The number of hydrogen-bond donors (Lipinski definition) is 3. The summed E-state index contributed by atoms with van der Waals surface area (Å²) in [6, 6.07) is 4.13. The number of ether oxygens (including phenoxy) is 1. The average Bonchev–Trinajstić information content (AvgIpc) is 3.60. The number of halogens is 1. The summed E-state index contributed by atoms with van der Waals surface area (Å²) in [6.07, 6.45) is 5.45. The van der Waals surface area contributed by atoms with Gasteiger partial charge >= 0.3 is 0 Å². The van der Waals surface area contributed by atoms with Crippen molar-refractivity contribution in [2.45, 2.75) is 26.4 Å². The highest BCUT2D eigenvalue weighted by Gasteiger charge is 2.20. The number of rotatable bonds is 7. The van der Waals surface area contributed by atoms with Crippen LogP contribution in [0, 0.1) is 0 Å². The molecular weight excluding hydrogens is 494 g/mol. The van der Waals surface area contributed by atoms with Gasteiger partial charge in [-0.05, 0) is 26.0 Å². The fourth-order valence-corrected chi connectivity index (χ4v) is 4.61. The lowest BCUT2D eigenvalue weighted by atomic mass is 10.2. The van der Waals surface area contributed by atoms with Crippen LogP contribution < -0.4 is 15.5 Å². The van der Waals surface area contributed by atoms with Crippen LogP contribution in [0.3, 0.4) is 0 Å². The van der Waals surface area contributed by atoms with E-state index in [0.717, 1.165) is 41.3 Å². The number of aryl methyl sites for hydroxylation is 1. The zero-order valence-electron chi connectivity index (χ0n) is 20.9. The van der Waals surface area contributed by atoms with E-state index in [1.54, 1.807) is 17.2 Å². The lowest BCUT2D eigenvalue weighted by Gasteiger charge is -2.27. The first kappa shape index (κ1) is 23.5. The first-order valence-corrected chi connectivity index (χ1v) is 12.6. The predicted molar refractivity (Wildman–Crippen MR) is 144 cm³/mol. The summed E-state index contributed by atoms with van der Waals surface area (Å²) in [5.41, 5.74) is 4.83. The molecule has 192 valence electrons. The molecular formula is C24H28ClN11O. The Hall–Kier alpha value is -3.90. The van der Waals surface area contributed by atoms with Gasteiger partial charge in [0, 0.05) is 32.4 Å².